The largest absolute Gasteiger partial charge is 0.492 e. The maximum Gasteiger partial charge on any atom is 0.335 e. The molecule has 0 amide bonds. The van der Waals surface area contributed by atoms with Crippen molar-refractivity contribution in [3.63, 3.8) is 0 Å². The number of nitrogens with one attached hydrogen (secondary N) is 1. The molecule has 0 radical (unpaired) electrons. The maximum atomic E-state index is 10.8. The molecule has 2 aromatic rings. The lowest BCUT2D eigenvalue weighted by Gasteiger charge is -2.07. The normalized spacial score (nSPS) is 10.5. The lowest BCUT2D eigenvalue weighted by Crippen LogP contribution is -2.23. The van der Waals surface area contributed by atoms with Gasteiger partial charge in [-0.1, -0.05) is 6.07 Å². The van der Waals surface area contributed by atoms with Crippen LogP contribution in [0.3, 0.4) is 0 Å². The summed E-state index contributed by atoms with van der Waals surface area (Å²) in [5.74, 6) is -0.362. The summed E-state index contributed by atoms with van der Waals surface area (Å²) in [5, 5.41) is 12.2. The number of carboxylic acid groups (broad SMARTS) is 1. The lowest BCUT2D eigenvalue weighted by molar-refractivity contribution is 0.0696. The van der Waals surface area contributed by atoms with Gasteiger partial charge < -0.3 is 15.2 Å². The van der Waals surface area contributed by atoms with Crippen molar-refractivity contribution < 1.29 is 14.6 Å². The summed E-state index contributed by atoms with van der Waals surface area (Å²) < 4.78 is 6.67. The zero-order chi connectivity index (χ0) is 15.1. The molecule has 4 nitrogen and oxygen atoms in total. The van der Waals surface area contributed by atoms with E-state index < -0.39 is 5.97 Å². The van der Waals surface area contributed by atoms with Gasteiger partial charge in [-0.05, 0) is 52.7 Å². The van der Waals surface area contributed by atoms with Gasteiger partial charge in [0.25, 0.3) is 0 Å². The summed E-state index contributed by atoms with van der Waals surface area (Å²) in [4.78, 5) is 12.2. The topological polar surface area (TPSA) is 58.6 Å². The first-order valence-corrected chi connectivity index (χ1v) is 8.17. The van der Waals surface area contributed by atoms with Crippen LogP contribution in [-0.2, 0) is 6.42 Å². The number of rotatable bonds is 8. The van der Waals surface area contributed by atoms with Gasteiger partial charge in [-0.2, -0.15) is 0 Å². The first kappa shape index (κ1) is 16.0. The van der Waals surface area contributed by atoms with E-state index in [1.54, 1.807) is 29.5 Å². The Hall–Kier alpha value is -1.37. The van der Waals surface area contributed by atoms with Crippen molar-refractivity contribution >= 4 is 33.2 Å². The van der Waals surface area contributed by atoms with Gasteiger partial charge in [0.15, 0.2) is 0 Å². The van der Waals surface area contributed by atoms with Crippen LogP contribution in [0.2, 0.25) is 0 Å². The molecule has 0 bridgehead atoms. The van der Waals surface area contributed by atoms with Crippen LogP contribution in [0, 0.1) is 0 Å². The van der Waals surface area contributed by atoms with E-state index in [-0.39, 0.29) is 5.56 Å². The average molecular weight is 370 g/mol. The van der Waals surface area contributed by atoms with E-state index in [1.807, 2.05) is 0 Å². The predicted molar refractivity (Wildman–Crippen MR) is 87.5 cm³/mol. The Morgan fingerprint density at radius 1 is 1.29 bits per heavy atom. The molecule has 2 rings (SSSR count). The maximum absolute atomic E-state index is 10.8. The van der Waals surface area contributed by atoms with Crippen LogP contribution in [0.1, 0.15) is 15.2 Å². The molecule has 0 aliphatic rings. The summed E-state index contributed by atoms with van der Waals surface area (Å²) in [6.45, 7) is 2.13. The van der Waals surface area contributed by atoms with E-state index in [1.165, 1.54) is 10.9 Å². The molecular weight excluding hydrogens is 354 g/mol. The first-order valence-electron chi connectivity index (χ1n) is 6.56. The van der Waals surface area contributed by atoms with Crippen LogP contribution < -0.4 is 10.1 Å². The van der Waals surface area contributed by atoms with Gasteiger partial charge in [-0.15, -0.1) is 11.3 Å². The molecule has 2 N–H and O–H groups in total. The van der Waals surface area contributed by atoms with Gasteiger partial charge in [0.05, 0.1) is 9.35 Å². The van der Waals surface area contributed by atoms with E-state index in [4.69, 9.17) is 9.84 Å². The Balaban J connectivity index is 1.63. The van der Waals surface area contributed by atoms with Crippen molar-refractivity contribution in [3.8, 4) is 5.75 Å². The molecule has 112 valence electrons. The van der Waals surface area contributed by atoms with Gasteiger partial charge in [-0.25, -0.2) is 4.79 Å². The van der Waals surface area contributed by atoms with Crippen molar-refractivity contribution in [2.75, 3.05) is 19.7 Å². The Kier molecular flexibility index (Phi) is 6.22. The quantitative estimate of drug-likeness (QED) is 0.700. The summed E-state index contributed by atoms with van der Waals surface area (Å²) in [5.41, 5.74) is 0.240. The number of carbonyl (C=O) groups is 1. The smallest absolute Gasteiger partial charge is 0.335 e. The Bertz CT molecular complexity index is 600. The second-order valence-electron chi connectivity index (χ2n) is 4.39. The highest BCUT2D eigenvalue weighted by Crippen LogP contribution is 2.22. The minimum atomic E-state index is -0.944. The third-order valence-corrected chi connectivity index (χ3v) is 4.49. The Labute approximate surface area is 135 Å². The molecule has 1 aromatic carbocycles. The van der Waals surface area contributed by atoms with Crippen molar-refractivity contribution in [2.24, 2.45) is 0 Å². The van der Waals surface area contributed by atoms with Gasteiger partial charge in [0.2, 0.25) is 0 Å². The summed E-state index contributed by atoms with van der Waals surface area (Å²) in [7, 11) is 0. The summed E-state index contributed by atoms with van der Waals surface area (Å²) in [6.07, 6.45) is 0.991. The number of halogens is 1. The fourth-order valence-corrected chi connectivity index (χ4v) is 3.27. The molecular formula is C15H16BrNO3S. The zero-order valence-electron chi connectivity index (χ0n) is 11.3. The summed E-state index contributed by atoms with van der Waals surface area (Å²) >= 11 is 5.19. The van der Waals surface area contributed by atoms with Crippen molar-refractivity contribution in [3.05, 3.63) is 50.6 Å². The van der Waals surface area contributed by atoms with Crippen LogP contribution in [0.25, 0.3) is 0 Å². The molecule has 0 unspecified atom stereocenters. The van der Waals surface area contributed by atoms with Crippen molar-refractivity contribution in [1.82, 2.24) is 5.32 Å². The minimum Gasteiger partial charge on any atom is -0.492 e. The minimum absolute atomic E-state index is 0.240. The second-order valence-corrected chi connectivity index (χ2v) is 6.93. The number of thiophene rings is 1. The van der Waals surface area contributed by atoms with E-state index in [9.17, 15) is 4.79 Å². The third-order valence-electron chi connectivity index (χ3n) is 2.81. The number of carboxylic acids is 1. The van der Waals surface area contributed by atoms with E-state index in [0.717, 1.165) is 23.3 Å². The predicted octanol–water partition coefficient (Wildman–Crippen LogP) is 3.42. The zero-order valence-corrected chi connectivity index (χ0v) is 13.7. The molecule has 0 aliphatic heterocycles. The average Bonchev–Trinajstić information content (AvgIpc) is 2.88. The summed E-state index contributed by atoms with van der Waals surface area (Å²) in [6, 6.07) is 10.7. The fourth-order valence-electron chi connectivity index (χ4n) is 1.78. The van der Waals surface area contributed by atoms with Gasteiger partial charge in [-0.3, -0.25) is 0 Å². The molecule has 0 aliphatic carbocycles. The monoisotopic (exact) mass is 369 g/mol. The molecule has 6 heteroatoms. The van der Waals surface area contributed by atoms with Gasteiger partial charge in [0.1, 0.15) is 12.4 Å². The first-order chi connectivity index (χ1) is 10.1. The number of hydrogen-bond acceptors (Lipinski definition) is 4. The highest BCUT2D eigenvalue weighted by atomic mass is 79.9. The number of hydrogen-bond donors (Lipinski definition) is 2. The van der Waals surface area contributed by atoms with Crippen LogP contribution >= 0.6 is 27.3 Å². The number of aromatic carboxylic acids is 1. The molecule has 1 heterocycles. The third kappa shape index (κ3) is 5.49. The van der Waals surface area contributed by atoms with Crippen molar-refractivity contribution in [2.45, 2.75) is 6.42 Å². The number of ether oxygens (including phenoxy) is 1. The van der Waals surface area contributed by atoms with E-state index in [0.29, 0.717) is 12.4 Å². The molecule has 21 heavy (non-hydrogen) atoms. The molecule has 0 spiro atoms. The molecule has 0 fully saturated rings. The van der Waals surface area contributed by atoms with E-state index in [2.05, 4.69) is 33.4 Å². The van der Waals surface area contributed by atoms with Crippen LogP contribution in [0.4, 0.5) is 0 Å². The highest BCUT2D eigenvalue weighted by Gasteiger charge is 2.03. The fraction of sp³-hybridized carbons (Fsp3) is 0.267. The lowest BCUT2D eigenvalue weighted by atomic mass is 10.2. The second kappa shape index (κ2) is 8.17. The Morgan fingerprint density at radius 3 is 2.86 bits per heavy atom. The number of benzene rings is 1. The van der Waals surface area contributed by atoms with Gasteiger partial charge in [0, 0.05) is 18.0 Å². The molecule has 1 aromatic heterocycles. The van der Waals surface area contributed by atoms with Gasteiger partial charge >= 0.3 is 5.97 Å². The SMILES string of the molecule is O=C(O)c1cccc(OCCNCCc2ccc(Br)s2)c1. The van der Waals surface area contributed by atoms with Crippen LogP contribution in [0.15, 0.2) is 40.2 Å². The molecule has 0 saturated carbocycles. The Morgan fingerprint density at radius 2 is 2.14 bits per heavy atom. The van der Waals surface area contributed by atoms with Crippen LogP contribution in [0.5, 0.6) is 5.75 Å². The molecule has 0 atom stereocenters. The van der Waals surface area contributed by atoms with E-state index >= 15 is 0 Å². The van der Waals surface area contributed by atoms with Crippen molar-refractivity contribution in [1.29, 1.82) is 0 Å². The standard InChI is InChI=1S/C15H16BrNO3S/c16-14-5-4-13(21-14)6-7-17-8-9-20-12-3-1-2-11(10-12)15(18)19/h1-5,10,17H,6-9H2,(H,18,19). The molecule has 0 saturated heterocycles. The van der Waals surface area contributed by atoms with Crippen LogP contribution in [-0.4, -0.2) is 30.8 Å². The highest BCUT2D eigenvalue weighted by molar-refractivity contribution is 9.11.